The van der Waals surface area contributed by atoms with E-state index in [1.165, 1.54) is 28.2 Å². The molecule has 2 heterocycles. The lowest BCUT2D eigenvalue weighted by Gasteiger charge is -2.40. The first-order valence-electron chi connectivity index (χ1n) is 9.70. The summed E-state index contributed by atoms with van der Waals surface area (Å²) in [5.41, 5.74) is 2.75. The van der Waals surface area contributed by atoms with Crippen LogP contribution in [0.3, 0.4) is 0 Å². The Hall–Kier alpha value is -1.48. The van der Waals surface area contributed by atoms with Gasteiger partial charge in [0.15, 0.2) is 0 Å². The van der Waals surface area contributed by atoms with Crippen molar-refractivity contribution in [2.75, 3.05) is 6.61 Å². The van der Waals surface area contributed by atoms with Crippen molar-refractivity contribution in [3.05, 3.63) is 50.7 Å². The van der Waals surface area contributed by atoms with Crippen LogP contribution in [0.1, 0.15) is 45.4 Å². The number of aryl methyl sites for hydroxylation is 2. The van der Waals surface area contributed by atoms with Gasteiger partial charge in [-0.15, -0.1) is 11.3 Å². The predicted molar refractivity (Wildman–Crippen MR) is 105 cm³/mol. The minimum atomic E-state index is -1.47. The molecule has 0 radical (unpaired) electrons. The molecule has 28 heavy (non-hydrogen) atoms. The summed E-state index contributed by atoms with van der Waals surface area (Å²) >= 11 is 1.83. The van der Waals surface area contributed by atoms with E-state index in [0.717, 1.165) is 18.4 Å². The molecular formula is C21H26O6S. The summed E-state index contributed by atoms with van der Waals surface area (Å²) in [7, 11) is 0. The van der Waals surface area contributed by atoms with Gasteiger partial charge in [-0.2, -0.15) is 0 Å². The van der Waals surface area contributed by atoms with E-state index in [9.17, 15) is 25.5 Å². The zero-order valence-electron chi connectivity index (χ0n) is 15.5. The Morgan fingerprint density at radius 2 is 1.79 bits per heavy atom. The number of benzene rings is 1. The van der Waals surface area contributed by atoms with Crippen LogP contribution in [0.5, 0.6) is 5.75 Å². The molecule has 6 nitrogen and oxygen atoms in total. The van der Waals surface area contributed by atoms with Crippen molar-refractivity contribution in [3.8, 4) is 5.75 Å². The zero-order chi connectivity index (χ0) is 19.8. The van der Waals surface area contributed by atoms with E-state index in [-0.39, 0.29) is 5.75 Å². The number of thiophene rings is 1. The summed E-state index contributed by atoms with van der Waals surface area (Å²) in [5.74, 6) is -0.0569. The van der Waals surface area contributed by atoms with Crippen LogP contribution >= 0.6 is 11.3 Å². The van der Waals surface area contributed by atoms with Crippen molar-refractivity contribution in [1.82, 2.24) is 0 Å². The summed E-state index contributed by atoms with van der Waals surface area (Å²) in [4.78, 5) is 2.73. The maximum Gasteiger partial charge on any atom is 0.121 e. The molecule has 2 aromatic rings. The first kappa shape index (κ1) is 19.8. The fraction of sp³-hybridized carbons (Fsp3) is 0.524. The standard InChI is InChI=1S/C21H26O6S/c22-10-16-18(24)19(25)20(26)21(27-16)14-8-11(5-6-15(14)23)7-13-9-12-3-1-2-4-17(12)28-13/h5-6,8-9,16,18-26H,1-4,7,10H2/t16-,18-,19+,20-,21+/m1/s1. The average molecular weight is 407 g/mol. The van der Waals surface area contributed by atoms with Gasteiger partial charge in [0.2, 0.25) is 0 Å². The molecule has 0 spiro atoms. The lowest BCUT2D eigenvalue weighted by Crippen LogP contribution is -2.55. The molecule has 5 N–H and O–H groups in total. The lowest BCUT2D eigenvalue weighted by atomic mass is 9.90. The van der Waals surface area contributed by atoms with Gasteiger partial charge in [0.05, 0.1) is 6.61 Å². The van der Waals surface area contributed by atoms with Gasteiger partial charge in [0.1, 0.15) is 36.3 Å². The van der Waals surface area contributed by atoms with Gasteiger partial charge in [-0.1, -0.05) is 6.07 Å². The zero-order valence-corrected chi connectivity index (χ0v) is 16.3. The molecule has 1 aromatic heterocycles. The Bertz CT molecular complexity index is 809. The highest BCUT2D eigenvalue weighted by molar-refractivity contribution is 7.12. The van der Waals surface area contributed by atoms with Gasteiger partial charge in [0.25, 0.3) is 0 Å². The van der Waals surface area contributed by atoms with Crippen LogP contribution in [0.15, 0.2) is 24.3 Å². The molecule has 1 saturated heterocycles. The smallest absolute Gasteiger partial charge is 0.121 e. The molecule has 7 heteroatoms. The van der Waals surface area contributed by atoms with Crippen molar-refractivity contribution in [3.63, 3.8) is 0 Å². The van der Waals surface area contributed by atoms with Crippen LogP contribution in [0, 0.1) is 0 Å². The SMILES string of the molecule is OC[C@H]1O[C@@H](c2cc(Cc3cc4c(s3)CCCC4)ccc2O)[C@H](O)[C@@H](O)[C@@H]1O. The number of aliphatic hydroxyl groups excluding tert-OH is 4. The number of hydrogen-bond donors (Lipinski definition) is 5. The van der Waals surface area contributed by atoms with Gasteiger partial charge in [-0.25, -0.2) is 0 Å². The van der Waals surface area contributed by atoms with Crippen molar-refractivity contribution < 1.29 is 30.3 Å². The fourth-order valence-electron chi connectivity index (χ4n) is 4.14. The van der Waals surface area contributed by atoms with E-state index in [1.54, 1.807) is 12.1 Å². The second-order valence-corrected chi connectivity index (χ2v) is 8.91. The van der Waals surface area contributed by atoms with Crippen LogP contribution in [0.4, 0.5) is 0 Å². The highest BCUT2D eigenvalue weighted by atomic mass is 32.1. The summed E-state index contributed by atoms with van der Waals surface area (Å²) in [6.07, 6.45) is -0.861. The highest BCUT2D eigenvalue weighted by Crippen LogP contribution is 2.38. The second kappa shape index (κ2) is 8.10. The van der Waals surface area contributed by atoms with Gasteiger partial charge in [0, 0.05) is 21.7 Å². The third-order valence-electron chi connectivity index (χ3n) is 5.72. The van der Waals surface area contributed by atoms with E-state index in [4.69, 9.17) is 4.74 Å². The molecule has 0 amide bonds. The number of phenolic OH excluding ortho intramolecular Hbond substituents is 1. The summed E-state index contributed by atoms with van der Waals surface area (Å²) in [6, 6.07) is 7.42. The first-order valence-corrected chi connectivity index (χ1v) is 10.5. The second-order valence-electron chi connectivity index (χ2n) is 7.69. The Balaban J connectivity index is 1.59. The summed E-state index contributed by atoms with van der Waals surface area (Å²) < 4.78 is 5.60. The molecule has 1 aromatic carbocycles. The van der Waals surface area contributed by atoms with Crippen LogP contribution in [-0.4, -0.2) is 56.6 Å². The number of aliphatic hydroxyl groups is 4. The highest BCUT2D eigenvalue weighted by Gasteiger charge is 2.44. The largest absolute Gasteiger partial charge is 0.508 e. The van der Waals surface area contributed by atoms with Crippen LogP contribution < -0.4 is 0 Å². The average Bonchev–Trinajstić information content (AvgIpc) is 3.10. The van der Waals surface area contributed by atoms with Gasteiger partial charge < -0.3 is 30.3 Å². The Morgan fingerprint density at radius 1 is 1.00 bits per heavy atom. The molecule has 0 unspecified atom stereocenters. The maximum atomic E-state index is 10.4. The van der Waals surface area contributed by atoms with E-state index in [2.05, 4.69) is 6.07 Å². The van der Waals surface area contributed by atoms with E-state index < -0.39 is 37.1 Å². The Labute approximate surface area is 167 Å². The number of phenols is 1. The molecule has 1 fully saturated rings. The van der Waals surface area contributed by atoms with Gasteiger partial charge in [-0.05, 0) is 55.0 Å². The number of aromatic hydroxyl groups is 1. The number of ether oxygens (including phenoxy) is 1. The molecular weight excluding hydrogens is 380 g/mol. The minimum Gasteiger partial charge on any atom is -0.508 e. The van der Waals surface area contributed by atoms with Gasteiger partial charge >= 0.3 is 0 Å². The van der Waals surface area contributed by atoms with Crippen molar-refractivity contribution in [2.24, 2.45) is 0 Å². The molecule has 2 aliphatic rings. The van der Waals surface area contributed by atoms with Crippen molar-refractivity contribution in [1.29, 1.82) is 0 Å². The molecule has 152 valence electrons. The van der Waals surface area contributed by atoms with E-state index >= 15 is 0 Å². The van der Waals surface area contributed by atoms with E-state index in [1.807, 2.05) is 17.4 Å². The van der Waals surface area contributed by atoms with Crippen LogP contribution in [0.2, 0.25) is 0 Å². The molecule has 0 saturated carbocycles. The van der Waals surface area contributed by atoms with Crippen LogP contribution in [0.25, 0.3) is 0 Å². The fourth-order valence-corrected chi connectivity index (χ4v) is 5.44. The number of rotatable bonds is 4. The van der Waals surface area contributed by atoms with Crippen molar-refractivity contribution >= 4 is 11.3 Å². The quantitative estimate of drug-likeness (QED) is 0.526. The minimum absolute atomic E-state index is 0.0569. The normalized spacial score (nSPS) is 30.2. The molecule has 4 rings (SSSR count). The maximum absolute atomic E-state index is 10.4. The monoisotopic (exact) mass is 406 g/mol. The Morgan fingerprint density at radius 3 is 2.54 bits per heavy atom. The van der Waals surface area contributed by atoms with E-state index in [0.29, 0.717) is 12.0 Å². The summed E-state index contributed by atoms with van der Waals surface area (Å²) in [6.45, 7) is -0.497. The predicted octanol–water partition coefficient (Wildman–Crippen LogP) is 1.44. The lowest BCUT2D eigenvalue weighted by molar-refractivity contribution is -0.232. The van der Waals surface area contributed by atoms with Crippen molar-refractivity contribution in [2.45, 2.75) is 62.6 Å². The molecule has 5 atom stereocenters. The number of hydrogen-bond acceptors (Lipinski definition) is 7. The van der Waals surface area contributed by atoms with Crippen LogP contribution in [-0.2, 0) is 24.0 Å². The third-order valence-corrected chi connectivity index (χ3v) is 6.95. The Kier molecular flexibility index (Phi) is 5.73. The molecule has 1 aliphatic heterocycles. The first-order chi connectivity index (χ1) is 13.5. The van der Waals surface area contributed by atoms with Gasteiger partial charge in [-0.3, -0.25) is 0 Å². The number of fused-ring (bicyclic) bond motifs is 1. The molecule has 0 bridgehead atoms. The summed E-state index contributed by atoms with van der Waals surface area (Å²) in [5, 5.41) is 50.1. The topological polar surface area (TPSA) is 110 Å². The third kappa shape index (κ3) is 3.70. The molecule has 1 aliphatic carbocycles.